The largest absolute Gasteiger partial charge is 0.444 e. The number of nitrogens with one attached hydrogen (secondary N) is 1. The van der Waals surface area contributed by atoms with Crippen molar-refractivity contribution < 1.29 is 13.9 Å². The number of hydrogen-bond acceptors (Lipinski definition) is 5. The summed E-state index contributed by atoms with van der Waals surface area (Å²) in [5.41, 5.74) is 1.61. The zero-order valence-electron chi connectivity index (χ0n) is 13.6. The average Bonchev–Trinajstić information content (AvgIpc) is 3.41. The first kappa shape index (κ1) is 16.1. The number of carbonyl (C=O) groups is 1. The van der Waals surface area contributed by atoms with Crippen molar-refractivity contribution in [2.45, 2.75) is 25.5 Å². The van der Waals surface area contributed by atoms with Gasteiger partial charge in [-0.1, -0.05) is 18.2 Å². The molecule has 2 aromatic heterocycles. The Bertz CT molecular complexity index is 850. The summed E-state index contributed by atoms with van der Waals surface area (Å²) in [7, 11) is 0. The molecule has 3 aromatic rings. The van der Waals surface area contributed by atoms with Gasteiger partial charge in [0.05, 0.1) is 23.2 Å². The van der Waals surface area contributed by atoms with Crippen LogP contribution < -0.4 is 5.32 Å². The predicted octanol–water partition coefficient (Wildman–Crippen LogP) is 4.18. The Morgan fingerprint density at radius 1 is 1.24 bits per heavy atom. The van der Waals surface area contributed by atoms with E-state index < -0.39 is 0 Å². The Kier molecular flexibility index (Phi) is 4.63. The molecule has 1 saturated heterocycles. The number of nitrogens with zero attached hydrogens (tertiary/aromatic N) is 1. The van der Waals surface area contributed by atoms with E-state index in [0.29, 0.717) is 23.0 Å². The van der Waals surface area contributed by atoms with E-state index in [1.807, 2.05) is 42.5 Å². The van der Waals surface area contributed by atoms with Crippen LogP contribution in [0, 0.1) is 0 Å². The van der Waals surface area contributed by atoms with Crippen molar-refractivity contribution in [3.8, 4) is 11.5 Å². The third-order valence-electron chi connectivity index (χ3n) is 4.10. The van der Waals surface area contributed by atoms with E-state index in [9.17, 15) is 4.79 Å². The summed E-state index contributed by atoms with van der Waals surface area (Å²) in [6, 6.07) is 13.5. The van der Waals surface area contributed by atoms with E-state index in [2.05, 4.69) is 10.3 Å². The van der Waals surface area contributed by atoms with E-state index in [0.717, 1.165) is 29.9 Å². The molecule has 6 heteroatoms. The SMILES string of the molecule is O=C(NCc1coc(-c2ccccc2)n1)c1ccc([C@H]2CCCO2)s1. The number of oxazole rings is 1. The van der Waals surface area contributed by atoms with Gasteiger partial charge in [0.25, 0.3) is 5.91 Å². The molecule has 1 aromatic carbocycles. The predicted molar refractivity (Wildman–Crippen MR) is 95.4 cm³/mol. The molecule has 1 N–H and O–H groups in total. The fourth-order valence-corrected chi connectivity index (χ4v) is 3.82. The number of benzene rings is 1. The van der Waals surface area contributed by atoms with E-state index in [4.69, 9.17) is 9.15 Å². The van der Waals surface area contributed by atoms with Crippen molar-refractivity contribution in [2.24, 2.45) is 0 Å². The number of aromatic nitrogens is 1. The lowest BCUT2D eigenvalue weighted by atomic mass is 10.2. The van der Waals surface area contributed by atoms with Gasteiger partial charge in [0.1, 0.15) is 6.26 Å². The molecule has 1 aliphatic heterocycles. The number of carbonyl (C=O) groups excluding carboxylic acids is 1. The Balaban J connectivity index is 1.37. The van der Waals surface area contributed by atoms with Crippen LogP contribution in [0.3, 0.4) is 0 Å². The molecule has 5 nitrogen and oxygen atoms in total. The summed E-state index contributed by atoms with van der Waals surface area (Å²) >= 11 is 1.49. The highest BCUT2D eigenvalue weighted by molar-refractivity contribution is 7.14. The number of ether oxygens (including phenoxy) is 1. The van der Waals surface area contributed by atoms with Crippen molar-refractivity contribution in [3.05, 3.63) is 64.2 Å². The lowest BCUT2D eigenvalue weighted by Crippen LogP contribution is -2.21. The molecule has 0 bridgehead atoms. The van der Waals surface area contributed by atoms with Crippen LogP contribution in [0.4, 0.5) is 0 Å². The maximum atomic E-state index is 12.3. The summed E-state index contributed by atoms with van der Waals surface area (Å²) in [6.45, 7) is 1.14. The summed E-state index contributed by atoms with van der Waals surface area (Å²) in [5, 5.41) is 2.89. The quantitative estimate of drug-likeness (QED) is 0.746. The maximum absolute atomic E-state index is 12.3. The Hall–Kier alpha value is -2.44. The summed E-state index contributed by atoms with van der Waals surface area (Å²) in [4.78, 5) is 18.6. The molecule has 1 amide bonds. The number of hydrogen-bond donors (Lipinski definition) is 1. The van der Waals surface area contributed by atoms with Gasteiger partial charge >= 0.3 is 0 Å². The van der Waals surface area contributed by atoms with E-state index in [1.54, 1.807) is 6.26 Å². The van der Waals surface area contributed by atoms with Crippen LogP contribution in [0.1, 0.15) is 39.2 Å². The smallest absolute Gasteiger partial charge is 0.261 e. The number of thiophene rings is 1. The van der Waals surface area contributed by atoms with Gasteiger partial charge in [-0.25, -0.2) is 4.98 Å². The summed E-state index contributed by atoms with van der Waals surface area (Å²) < 4.78 is 11.1. The Labute approximate surface area is 149 Å². The third-order valence-corrected chi connectivity index (χ3v) is 5.28. The van der Waals surface area contributed by atoms with Gasteiger partial charge in [0.2, 0.25) is 5.89 Å². The second kappa shape index (κ2) is 7.21. The van der Waals surface area contributed by atoms with E-state index in [-0.39, 0.29) is 12.0 Å². The second-order valence-corrected chi connectivity index (χ2v) is 7.01. The molecule has 1 fully saturated rings. The zero-order valence-corrected chi connectivity index (χ0v) is 14.4. The average molecular weight is 354 g/mol. The van der Waals surface area contributed by atoms with Gasteiger partial charge in [0, 0.05) is 17.0 Å². The highest BCUT2D eigenvalue weighted by atomic mass is 32.1. The normalized spacial score (nSPS) is 16.9. The van der Waals surface area contributed by atoms with Gasteiger partial charge in [0.15, 0.2) is 0 Å². The minimum atomic E-state index is -0.0986. The van der Waals surface area contributed by atoms with Crippen LogP contribution >= 0.6 is 11.3 Å². The lowest BCUT2D eigenvalue weighted by Gasteiger charge is -2.05. The topological polar surface area (TPSA) is 64.4 Å². The standard InChI is InChI=1S/C19H18N2O3S/c22-18(17-9-8-16(25-17)15-7-4-10-23-15)20-11-14-12-24-19(21-14)13-5-2-1-3-6-13/h1-3,5-6,8-9,12,15H,4,7,10-11H2,(H,20,22)/t15-/m1/s1. The third kappa shape index (κ3) is 3.65. The van der Waals surface area contributed by atoms with Gasteiger partial charge in [-0.3, -0.25) is 4.79 Å². The molecule has 0 aliphatic carbocycles. The molecule has 1 aliphatic rings. The monoisotopic (exact) mass is 354 g/mol. The number of amides is 1. The van der Waals surface area contributed by atoms with Gasteiger partial charge in [-0.15, -0.1) is 11.3 Å². The molecular weight excluding hydrogens is 336 g/mol. The molecule has 0 spiro atoms. The molecule has 128 valence electrons. The van der Waals surface area contributed by atoms with Gasteiger partial charge in [-0.2, -0.15) is 0 Å². The molecule has 0 saturated carbocycles. The summed E-state index contributed by atoms with van der Waals surface area (Å²) in [6.07, 6.45) is 3.84. The highest BCUT2D eigenvalue weighted by Gasteiger charge is 2.21. The molecule has 25 heavy (non-hydrogen) atoms. The van der Waals surface area contributed by atoms with Crippen molar-refractivity contribution in [2.75, 3.05) is 6.61 Å². The first-order valence-electron chi connectivity index (χ1n) is 8.29. The molecule has 3 heterocycles. The van der Waals surface area contributed by atoms with Crippen LogP contribution in [-0.2, 0) is 11.3 Å². The van der Waals surface area contributed by atoms with E-state index >= 15 is 0 Å². The maximum Gasteiger partial charge on any atom is 0.261 e. The van der Waals surface area contributed by atoms with Crippen molar-refractivity contribution >= 4 is 17.2 Å². The molecule has 4 rings (SSSR count). The Morgan fingerprint density at radius 3 is 2.92 bits per heavy atom. The van der Waals surface area contributed by atoms with E-state index in [1.165, 1.54) is 11.3 Å². The first-order valence-corrected chi connectivity index (χ1v) is 9.10. The molecule has 0 radical (unpaired) electrons. The fourth-order valence-electron chi connectivity index (χ4n) is 2.81. The second-order valence-electron chi connectivity index (χ2n) is 5.90. The minimum absolute atomic E-state index is 0.0986. The minimum Gasteiger partial charge on any atom is -0.444 e. The molecular formula is C19H18N2O3S. The van der Waals surface area contributed by atoms with Crippen LogP contribution in [0.15, 0.2) is 53.1 Å². The van der Waals surface area contributed by atoms with Crippen LogP contribution in [0.25, 0.3) is 11.5 Å². The van der Waals surface area contributed by atoms with Gasteiger partial charge in [-0.05, 0) is 37.1 Å². The van der Waals surface area contributed by atoms with Crippen molar-refractivity contribution in [1.29, 1.82) is 0 Å². The summed E-state index contributed by atoms with van der Waals surface area (Å²) in [5.74, 6) is 0.458. The first-order chi connectivity index (χ1) is 12.3. The molecule has 0 unspecified atom stereocenters. The van der Waals surface area contributed by atoms with Crippen LogP contribution in [0.2, 0.25) is 0 Å². The fraction of sp³-hybridized carbons (Fsp3) is 0.263. The van der Waals surface area contributed by atoms with Gasteiger partial charge < -0.3 is 14.5 Å². The number of rotatable bonds is 5. The highest BCUT2D eigenvalue weighted by Crippen LogP contribution is 2.33. The zero-order chi connectivity index (χ0) is 17.1. The van der Waals surface area contributed by atoms with Crippen LogP contribution in [-0.4, -0.2) is 17.5 Å². The van der Waals surface area contributed by atoms with Crippen molar-refractivity contribution in [3.63, 3.8) is 0 Å². The lowest BCUT2D eigenvalue weighted by molar-refractivity contribution is 0.0954. The Morgan fingerprint density at radius 2 is 2.12 bits per heavy atom. The van der Waals surface area contributed by atoms with Crippen molar-refractivity contribution in [1.82, 2.24) is 10.3 Å². The van der Waals surface area contributed by atoms with Crippen LogP contribution in [0.5, 0.6) is 0 Å². The molecule has 1 atom stereocenters.